The van der Waals surface area contributed by atoms with Crippen LogP contribution in [-0.2, 0) is 10.0 Å². The van der Waals surface area contributed by atoms with Gasteiger partial charge in [-0.1, -0.05) is 53.5 Å². The lowest BCUT2D eigenvalue weighted by molar-refractivity contribution is 0.0462. The number of sulfonamides is 1. The zero-order valence-corrected chi connectivity index (χ0v) is 21.8. The average molecular weight is 545 g/mol. The molecule has 1 N–H and O–H groups in total. The molecule has 0 radical (unpaired) electrons. The van der Waals surface area contributed by atoms with Crippen molar-refractivity contribution in [1.29, 1.82) is 0 Å². The molecule has 0 amide bonds. The van der Waals surface area contributed by atoms with Gasteiger partial charge in [-0.15, -0.1) is 0 Å². The summed E-state index contributed by atoms with van der Waals surface area (Å²) in [6.07, 6.45) is 0.403. The summed E-state index contributed by atoms with van der Waals surface area (Å²) in [7, 11) is -3.68. The number of aromatic nitrogens is 1. The molecule has 1 aliphatic heterocycles. The van der Waals surface area contributed by atoms with E-state index in [0.29, 0.717) is 38.7 Å². The van der Waals surface area contributed by atoms with Crippen LogP contribution in [0.1, 0.15) is 30.8 Å². The Balaban J connectivity index is 1.88. The molecule has 1 saturated heterocycles. The summed E-state index contributed by atoms with van der Waals surface area (Å²) in [5, 5.41) is 11.8. The van der Waals surface area contributed by atoms with Crippen molar-refractivity contribution < 1.29 is 22.7 Å². The fourth-order valence-electron chi connectivity index (χ4n) is 4.29. The Morgan fingerprint density at radius 3 is 2.39 bits per heavy atom. The third-order valence-corrected chi connectivity index (χ3v) is 8.47. The summed E-state index contributed by atoms with van der Waals surface area (Å²) in [6, 6.07) is 16.0. The Bertz CT molecular complexity index is 1610. The molecule has 2 aromatic heterocycles. The maximum atomic E-state index is 13.2. The first kappa shape index (κ1) is 24.8. The van der Waals surface area contributed by atoms with Crippen LogP contribution in [0.2, 0.25) is 10.0 Å². The average Bonchev–Trinajstić information content (AvgIpc) is 3.36. The Hall–Kier alpha value is -2.91. The second-order valence-electron chi connectivity index (χ2n) is 9.13. The first-order valence-corrected chi connectivity index (χ1v) is 13.6. The third kappa shape index (κ3) is 4.28. The molecule has 186 valence electrons. The number of carbonyl (C=O) groups is 1. The van der Waals surface area contributed by atoms with Crippen molar-refractivity contribution >= 4 is 55.8 Å². The largest absolute Gasteiger partial charge is 0.432 e. The molecular weight excluding hydrogens is 523 g/mol. The number of rotatable bonds is 5. The number of halogens is 2. The number of hydrogen-bond donors (Lipinski definition) is 1. The minimum Gasteiger partial charge on any atom is -0.432 e. The maximum absolute atomic E-state index is 13.2. The standard InChI is InChI=1S/C26H22Cl2N2O5S/c1-26(2,32)24(31)23-22(30-12-5-13-36(30,33)34)19-14-18(15-8-10-16(27)11-9-15)21(29-25(19)35-23)17-6-3-4-7-20(17)28/h3-4,6-11,14,32H,5,12-13H2,1-2H3. The molecule has 0 atom stereocenters. The lowest BCUT2D eigenvalue weighted by Gasteiger charge is -2.20. The molecule has 0 unspecified atom stereocenters. The van der Waals surface area contributed by atoms with E-state index < -0.39 is 21.4 Å². The van der Waals surface area contributed by atoms with E-state index in [4.69, 9.17) is 32.6 Å². The van der Waals surface area contributed by atoms with Crippen molar-refractivity contribution in [1.82, 2.24) is 4.98 Å². The second kappa shape index (κ2) is 8.88. The third-order valence-electron chi connectivity index (χ3n) is 6.05. The Labute approximate surface area is 218 Å². The number of ketones is 1. The summed E-state index contributed by atoms with van der Waals surface area (Å²) in [6.45, 7) is 2.84. The summed E-state index contributed by atoms with van der Waals surface area (Å²) in [5.74, 6) is -1.05. The molecule has 4 aromatic rings. The first-order valence-electron chi connectivity index (χ1n) is 11.2. The fourth-order valence-corrected chi connectivity index (χ4v) is 6.22. The normalized spacial score (nSPS) is 15.5. The van der Waals surface area contributed by atoms with Crippen molar-refractivity contribution in [2.75, 3.05) is 16.6 Å². The highest BCUT2D eigenvalue weighted by atomic mass is 35.5. The number of fused-ring (bicyclic) bond motifs is 1. The number of furan rings is 1. The van der Waals surface area contributed by atoms with Gasteiger partial charge in [0.05, 0.1) is 16.8 Å². The van der Waals surface area contributed by atoms with Crippen molar-refractivity contribution in [3.63, 3.8) is 0 Å². The van der Waals surface area contributed by atoms with E-state index in [1.54, 1.807) is 30.3 Å². The molecule has 7 nitrogen and oxygen atoms in total. The Kier molecular flexibility index (Phi) is 6.11. The zero-order chi connectivity index (χ0) is 25.8. The van der Waals surface area contributed by atoms with Gasteiger partial charge >= 0.3 is 0 Å². The smallest absolute Gasteiger partial charge is 0.235 e. The van der Waals surface area contributed by atoms with Crippen LogP contribution >= 0.6 is 23.2 Å². The topological polar surface area (TPSA) is 101 Å². The van der Waals surface area contributed by atoms with Crippen LogP contribution in [0.5, 0.6) is 0 Å². The van der Waals surface area contributed by atoms with Gasteiger partial charge in [-0.25, -0.2) is 13.4 Å². The highest BCUT2D eigenvalue weighted by molar-refractivity contribution is 7.93. The number of aliphatic hydroxyl groups is 1. The van der Waals surface area contributed by atoms with Crippen LogP contribution < -0.4 is 4.31 Å². The SMILES string of the molecule is CC(C)(O)C(=O)c1oc2nc(-c3ccccc3Cl)c(-c3ccc(Cl)cc3)cc2c1N1CCCS1(=O)=O. The summed E-state index contributed by atoms with van der Waals surface area (Å²) in [5.41, 5.74) is 0.880. The van der Waals surface area contributed by atoms with E-state index in [9.17, 15) is 18.3 Å². The van der Waals surface area contributed by atoms with Crippen LogP contribution in [-0.4, -0.2) is 42.2 Å². The van der Waals surface area contributed by atoms with Gasteiger partial charge in [-0.3, -0.25) is 9.10 Å². The molecular formula is C26H22Cl2N2O5S. The van der Waals surface area contributed by atoms with Gasteiger partial charge in [0.1, 0.15) is 11.3 Å². The number of hydrogen-bond acceptors (Lipinski definition) is 6. The minimum atomic E-state index is -3.68. The monoisotopic (exact) mass is 544 g/mol. The number of nitrogens with zero attached hydrogens (tertiary/aromatic N) is 2. The molecule has 10 heteroatoms. The molecule has 0 bridgehead atoms. The highest BCUT2D eigenvalue weighted by Crippen LogP contribution is 2.43. The van der Waals surface area contributed by atoms with Gasteiger partial charge in [0.25, 0.3) is 0 Å². The number of Topliss-reactive ketones (excluding diaryl/α,β-unsaturated/α-hetero) is 1. The molecule has 0 saturated carbocycles. The van der Waals surface area contributed by atoms with E-state index in [1.165, 1.54) is 18.2 Å². The van der Waals surface area contributed by atoms with Crippen molar-refractivity contribution in [3.8, 4) is 22.4 Å². The van der Waals surface area contributed by atoms with Crippen molar-refractivity contribution in [2.45, 2.75) is 25.9 Å². The number of anilines is 1. The predicted octanol–water partition coefficient (Wildman–Crippen LogP) is 5.96. The van der Waals surface area contributed by atoms with Crippen molar-refractivity contribution in [3.05, 3.63) is 70.4 Å². The van der Waals surface area contributed by atoms with Gasteiger partial charge < -0.3 is 9.52 Å². The van der Waals surface area contributed by atoms with E-state index in [-0.39, 0.29) is 29.5 Å². The molecule has 2 aromatic carbocycles. The molecule has 1 aliphatic rings. The Morgan fingerprint density at radius 1 is 1.08 bits per heavy atom. The van der Waals surface area contributed by atoms with Gasteiger partial charge in [-0.2, -0.15) is 0 Å². The summed E-state index contributed by atoms with van der Waals surface area (Å²) >= 11 is 12.6. The molecule has 5 rings (SSSR count). The van der Waals surface area contributed by atoms with Crippen LogP contribution in [0, 0.1) is 0 Å². The minimum absolute atomic E-state index is 0.0506. The number of carbonyl (C=O) groups excluding carboxylic acids is 1. The van der Waals surface area contributed by atoms with Gasteiger partial charge in [-0.05, 0) is 50.1 Å². The maximum Gasteiger partial charge on any atom is 0.235 e. The van der Waals surface area contributed by atoms with E-state index >= 15 is 0 Å². The second-order valence-corrected chi connectivity index (χ2v) is 12.0. The van der Waals surface area contributed by atoms with Gasteiger partial charge in [0.15, 0.2) is 0 Å². The van der Waals surface area contributed by atoms with Crippen LogP contribution in [0.25, 0.3) is 33.5 Å². The van der Waals surface area contributed by atoms with Gasteiger partial charge in [0.2, 0.25) is 27.3 Å². The molecule has 0 aliphatic carbocycles. The van der Waals surface area contributed by atoms with E-state index in [1.807, 2.05) is 24.3 Å². The van der Waals surface area contributed by atoms with E-state index in [0.717, 1.165) is 5.56 Å². The van der Waals surface area contributed by atoms with Crippen LogP contribution in [0.4, 0.5) is 5.69 Å². The number of benzene rings is 2. The molecule has 0 spiro atoms. The predicted molar refractivity (Wildman–Crippen MR) is 141 cm³/mol. The summed E-state index contributed by atoms with van der Waals surface area (Å²) < 4.78 is 32.9. The van der Waals surface area contributed by atoms with E-state index in [2.05, 4.69) is 0 Å². The molecule has 36 heavy (non-hydrogen) atoms. The van der Waals surface area contributed by atoms with Crippen LogP contribution in [0.15, 0.2) is 59.0 Å². The fraction of sp³-hybridized carbons (Fsp3) is 0.231. The highest BCUT2D eigenvalue weighted by Gasteiger charge is 2.39. The summed E-state index contributed by atoms with van der Waals surface area (Å²) in [4.78, 5) is 17.9. The zero-order valence-electron chi connectivity index (χ0n) is 19.5. The molecule has 1 fully saturated rings. The van der Waals surface area contributed by atoms with Gasteiger partial charge in [0, 0.05) is 27.7 Å². The quantitative estimate of drug-likeness (QED) is 0.311. The lowest BCUT2D eigenvalue weighted by atomic mass is 9.97. The lowest BCUT2D eigenvalue weighted by Crippen LogP contribution is -2.33. The van der Waals surface area contributed by atoms with Crippen molar-refractivity contribution in [2.24, 2.45) is 0 Å². The Morgan fingerprint density at radius 2 is 1.78 bits per heavy atom. The first-order chi connectivity index (χ1) is 17.0. The number of pyridine rings is 1. The van der Waals surface area contributed by atoms with Crippen LogP contribution in [0.3, 0.4) is 0 Å². The molecule has 3 heterocycles.